The van der Waals surface area contributed by atoms with Gasteiger partial charge in [-0.05, 0) is 31.8 Å². The Morgan fingerprint density at radius 3 is 2.83 bits per heavy atom. The molecule has 1 atom stereocenters. The Balaban J connectivity index is 1.66. The van der Waals surface area contributed by atoms with Gasteiger partial charge in [0.2, 0.25) is 0 Å². The van der Waals surface area contributed by atoms with Crippen LogP contribution in [0.3, 0.4) is 0 Å². The van der Waals surface area contributed by atoms with Crippen LogP contribution >= 0.6 is 0 Å². The Labute approximate surface area is 143 Å². The second kappa shape index (κ2) is 7.83. The SMILES string of the molecule is CN(C)CCOC[C@H]1CN(Cc2ccncc2)Cc2nnn(C)c21. The van der Waals surface area contributed by atoms with E-state index in [1.54, 1.807) is 0 Å². The van der Waals surface area contributed by atoms with Gasteiger partial charge in [0.1, 0.15) is 5.69 Å². The highest BCUT2D eigenvalue weighted by Crippen LogP contribution is 2.27. The smallest absolute Gasteiger partial charge is 0.100 e. The number of aryl methyl sites for hydroxylation is 1. The second-order valence-electron chi connectivity index (χ2n) is 6.65. The molecule has 7 heteroatoms. The minimum Gasteiger partial charge on any atom is -0.379 e. The Kier molecular flexibility index (Phi) is 5.55. The first kappa shape index (κ1) is 17.0. The van der Waals surface area contributed by atoms with Crippen molar-refractivity contribution < 1.29 is 4.74 Å². The van der Waals surface area contributed by atoms with Gasteiger partial charge in [-0.1, -0.05) is 5.21 Å². The molecular formula is C17H26N6O. The van der Waals surface area contributed by atoms with Crippen molar-refractivity contribution in [3.05, 3.63) is 41.5 Å². The van der Waals surface area contributed by atoms with Crippen molar-refractivity contribution in [1.82, 2.24) is 29.8 Å². The normalized spacial score (nSPS) is 18.1. The molecule has 3 rings (SSSR count). The maximum atomic E-state index is 5.92. The lowest BCUT2D eigenvalue weighted by Crippen LogP contribution is -2.36. The van der Waals surface area contributed by atoms with E-state index in [9.17, 15) is 0 Å². The molecule has 0 N–H and O–H groups in total. The fraction of sp³-hybridized carbons (Fsp3) is 0.588. The van der Waals surface area contributed by atoms with Gasteiger partial charge in [0.05, 0.1) is 18.9 Å². The number of fused-ring (bicyclic) bond motifs is 1. The quantitative estimate of drug-likeness (QED) is 0.703. The molecule has 0 aliphatic carbocycles. The average Bonchev–Trinajstić information content (AvgIpc) is 2.93. The largest absolute Gasteiger partial charge is 0.379 e. The van der Waals surface area contributed by atoms with Crippen LogP contribution in [-0.4, -0.2) is 70.2 Å². The van der Waals surface area contributed by atoms with Crippen molar-refractivity contribution in [2.45, 2.75) is 19.0 Å². The lowest BCUT2D eigenvalue weighted by atomic mass is 9.98. The predicted octanol–water partition coefficient (Wildman–Crippen LogP) is 0.888. The number of aromatic nitrogens is 4. The predicted molar refractivity (Wildman–Crippen MR) is 91.5 cm³/mol. The summed E-state index contributed by atoms with van der Waals surface area (Å²) in [6.45, 7) is 5.07. The number of nitrogens with zero attached hydrogens (tertiary/aromatic N) is 6. The molecule has 0 radical (unpaired) electrons. The number of pyridine rings is 1. The van der Waals surface area contributed by atoms with Gasteiger partial charge in [-0.25, -0.2) is 0 Å². The molecule has 1 aliphatic heterocycles. The molecule has 3 heterocycles. The van der Waals surface area contributed by atoms with Crippen LogP contribution in [0.5, 0.6) is 0 Å². The first-order chi connectivity index (χ1) is 11.6. The monoisotopic (exact) mass is 330 g/mol. The van der Waals surface area contributed by atoms with Crippen molar-refractivity contribution >= 4 is 0 Å². The lowest BCUT2D eigenvalue weighted by molar-refractivity contribution is 0.0834. The Morgan fingerprint density at radius 2 is 2.08 bits per heavy atom. The van der Waals surface area contributed by atoms with Gasteiger partial charge < -0.3 is 9.64 Å². The fourth-order valence-electron chi connectivity index (χ4n) is 3.17. The third-order valence-corrected chi connectivity index (χ3v) is 4.34. The Bertz CT molecular complexity index is 642. The Morgan fingerprint density at radius 1 is 1.29 bits per heavy atom. The van der Waals surface area contributed by atoms with Crippen LogP contribution in [0, 0.1) is 0 Å². The van der Waals surface area contributed by atoms with Crippen molar-refractivity contribution in [1.29, 1.82) is 0 Å². The van der Waals surface area contributed by atoms with Crippen LogP contribution in [0.25, 0.3) is 0 Å². The average molecular weight is 330 g/mol. The number of hydrogen-bond acceptors (Lipinski definition) is 6. The molecule has 2 aromatic rings. The molecule has 24 heavy (non-hydrogen) atoms. The molecule has 0 bridgehead atoms. The van der Waals surface area contributed by atoms with Gasteiger partial charge in [-0.2, -0.15) is 0 Å². The summed E-state index contributed by atoms with van der Waals surface area (Å²) in [5, 5.41) is 8.56. The Hall–Kier alpha value is -1.83. The molecule has 1 aliphatic rings. The maximum Gasteiger partial charge on any atom is 0.100 e. The maximum absolute atomic E-state index is 5.92. The van der Waals surface area contributed by atoms with Crippen molar-refractivity contribution in [3.8, 4) is 0 Å². The van der Waals surface area contributed by atoms with Gasteiger partial charge in [0.15, 0.2) is 0 Å². The van der Waals surface area contributed by atoms with Crippen LogP contribution in [-0.2, 0) is 24.9 Å². The molecule has 0 spiro atoms. The van der Waals surface area contributed by atoms with Gasteiger partial charge in [0.25, 0.3) is 0 Å². The summed E-state index contributed by atoms with van der Waals surface area (Å²) in [6, 6.07) is 4.13. The van der Waals surface area contributed by atoms with Crippen LogP contribution in [0.1, 0.15) is 22.9 Å². The van der Waals surface area contributed by atoms with Crippen molar-refractivity contribution in [3.63, 3.8) is 0 Å². The molecule has 0 saturated heterocycles. The second-order valence-corrected chi connectivity index (χ2v) is 6.65. The van der Waals surface area contributed by atoms with Crippen LogP contribution in [0.4, 0.5) is 0 Å². The molecule has 0 saturated carbocycles. The zero-order chi connectivity index (χ0) is 16.9. The van der Waals surface area contributed by atoms with E-state index in [0.717, 1.165) is 38.5 Å². The van der Waals surface area contributed by atoms with Gasteiger partial charge in [-0.15, -0.1) is 5.10 Å². The van der Waals surface area contributed by atoms with E-state index in [4.69, 9.17) is 4.74 Å². The summed E-state index contributed by atoms with van der Waals surface area (Å²) in [5.74, 6) is 0.303. The van der Waals surface area contributed by atoms with Gasteiger partial charge in [0, 0.05) is 51.5 Å². The highest BCUT2D eigenvalue weighted by atomic mass is 16.5. The third-order valence-electron chi connectivity index (χ3n) is 4.34. The van der Waals surface area contributed by atoms with Crippen LogP contribution in [0.15, 0.2) is 24.5 Å². The number of likely N-dealkylation sites (N-methyl/N-ethyl adjacent to an activating group) is 1. The molecule has 0 fully saturated rings. The topological polar surface area (TPSA) is 59.3 Å². The van der Waals surface area contributed by atoms with Crippen LogP contribution < -0.4 is 0 Å². The van der Waals surface area contributed by atoms with Crippen molar-refractivity contribution in [2.24, 2.45) is 7.05 Å². The zero-order valence-electron chi connectivity index (χ0n) is 14.7. The molecule has 130 valence electrons. The minimum atomic E-state index is 0.303. The summed E-state index contributed by atoms with van der Waals surface area (Å²) >= 11 is 0. The van der Waals surface area contributed by atoms with E-state index in [1.165, 1.54) is 11.3 Å². The fourth-order valence-corrected chi connectivity index (χ4v) is 3.17. The first-order valence-corrected chi connectivity index (χ1v) is 8.35. The third kappa shape index (κ3) is 4.17. The van der Waals surface area contributed by atoms with E-state index in [2.05, 4.69) is 51.3 Å². The standard InChI is InChI=1S/C17H26N6O/c1-21(2)8-9-24-13-15-11-23(10-14-4-6-18-7-5-14)12-16-17(15)22(3)20-19-16/h4-7,15H,8-13H2,1-3H3/t15-/m1/s1. The highest BCUT2D eigenvalue weighted by molar-refractivity contribution is 5.20. The molecule has 7 nitrogen and oxygen atoms in total. The summed E-state index contributed by atoms with van der Waals surface area (Å²) in [5.41, 5.74) is 3.55. The molecule has 0 amide bonds. The summed E-state index contributed by atoms with van der Waals surface area (Å²) in [4.78, 5) is 8.63. The summed E-state index contributed by atoms with van der Waals surface area (Å²) < 4.78 is 7.82. The minimum absolute atomic E-state index is 0.303. The summed E-state index contributed by atoms with van der Waals surface area (Å²) in [6.07, 6.45) is 3.68. The van der Waals surface area contributed by atoms with E-state index in [1.807, 2.05) is 24.1 Å². The highest BCUT2D eigenvalue weighted by Gasteiger charge is 2.30. The van der Waals surface area contributed by atoms with E-state index < -0.39 is 0 Å². The van der Waals surface area contributed by atoms with E-state index in [0.29, 0.717) is 12.5 Å². The van der Waals surface area contributed by atoms with E-state index in [-0.39, 0.29) is 0 Å². The molecular weight excluding hydrogens is 304 g/mol. The summed E-state index contributed by atoms with van der Waals surface area (Å²) in [7, 11) is 6.09. The first-order valence-electron chi connectivity index (χ1n) is 8.35. The van der Waals surface area contributed by atoms with Gasteiger partial charge >= 0.3 is 0 Å². The number of rotatable bonds is 7. The molecule has 0 unspecified atom stereocenters. The van der Waals surface area contributed by atoms with E-state index >= 15 is 0 Å². The van der Waals surface area contributed by atoms with Crippen molar-refractivity contribution in [2.75, 3.05) is 40.4 Å². The number of hydrogen-bond donors (Lipinski definition) is 0. The zero-order valence-corrected chi connectivity index (χ0v) is 14.7. The van der Waals surface area contributed by atoms with Gasteiger partial charge in [-0.3, -0.25) is 14.6 Å². The molecule has 2 aromatic heterocycles. The molecule has 0 aromatic carbocycles. The number of ether oxygens (including phenoxy) is 1. The lowest BCUT2D eigenvalue weighted by Gasteiger charge is -2.32. The van der Waals surface area contributed by atoms with Crippen LogP contribution in [0.2, 0.25) is 0 Å².